The summed E-state index contributed by atoms with van der Waals surface area (Å²) in [6.45, 7) is 2.42. The molecule has 7 nitrogen and oxygen atoms in total. The van der Waals surface area contributed by atoms with Crippen molar-refractivity contribution in [2.24, 2.45) is 0 Å². The third kappa shape index (κ3) is 4.15. The van der Waals surface area contributed by atoms with Crippen molar-refractivity contribution in [1.29, 1.82) is 0 Å². The number of nitrogens with zero attached hydrogens (tertiary/aromatic N) is 4. The minimum Gasteiger partial charge on any atom is -0.481 e. The third-order valence-electron chi connectivity index (χ3n) is 4.84. The van der Waals surface area contributed by atoms with Gasteiger partial charge in [-0.1, -0.05) is 19.1 Å². The zero-order valence-electron chi connectivity index (χ0n) is 15.3. The maximum Gasteiger partial charge on any atom is 0.303 e. The Morgan fingerprint density at radius 2 is 2.07 bits per heavy atom. The molecule has 2 aromatic rings. The highest BCUT2D eigenvalue weighted by Gasteiger charge is 2.30. The quantitative estimate of drug-likeness (QED) is 0.840. The lowest BCUT2D eigenvalue weighted by Gasteiger charge is -2.34. The Balaban J connectivity index is 1.88. The fourth-order valence-corrected chi connectivity index (χ4v) is 3.47. The van der Waals surface area contributed by atoms with E-state index in [-0.39, 0.29) is 29.9 Å². The van der Waals surface area contributed by atoms with Gasteiger partial charge in [-0.05, 0) is 37.8 Å². The van der Waals surface area contributed by atoms with E-state index in [1.807, 2.05) is 6.92 Å². The Morgan fingerprint density at radius 3 is 2.78 bits per heavy atom. The van der Waals surface area contributed by atoms with Gasteiger partial charge in [-0.25, -0.2) is 14.1 Å². The van der Waals surface area contributed by atoms with Crippen molar-refractivity contribution in [3.05, 3.63) is 41.7 Å². The van der Waals surface area contributed by atoms with E-state index >= 15 is 0 Å². The average Bonchev–Trinajstić information content (AvgIpc) is 3.10. The van der Waals surface area contributed by atoms with Crippen LogP contribution in [0.15, 0.2) is 24.3 Å². The second-order valence-corrected chi connectivity index (χ2v) is 6.65. The molecule has 2 heterocycles. The molecular formula is C19H23FN4O3. The Labute approximate surface area is 156 Å². The summed E-state index contributed by atoms with van der Waals surface area (Å²) in [7, 11) is 0. The van der Waals surface area contributed by atoms with Crippen molar-refractivity contribution in [1.82, 2.24) is 19.7 Å². The van der Waals surface area contributed by atoms with Crippen LogP contribution >= 0.6 is 0 Å². The molecule has 1 aromatic heterocycles. The van der Waals surface area contributed by atoms with Gasteiger partial charge in [0.1, 0.15) is 17.3 Å². The van der Waals surface area contributed by atoms with Crippen molar-refractivity contribution in [3.8, 4) is 5.69 Å². The summed E-state index contributed by atoms with van der Waals surface area (Å²) in [5.41, 5.74) is 0.252. The summed E-state index contributed by atoms with van der Waals surface area (Å²) in [5, 5.41) is 13.2. The van der Waals surface area contributed by atoms with Gasteiger partial charge in [0, 0.05) is 25.4 Å². The standard InChI is InChI=1S/C19H23FN4O3/c1-2-16-21-18(22-24(16)15-9-4-3-8-14(15)20)19(27)23-12-6-5-7-13(23)10-11-17(25)26/h3-4,8-9,13H,2,5-7,10-12H2,1H3,(H,25,26). The smallest absolute Gasteiger partial charge is 0.303 e. The number of carboxylic acids is 1. The van der Waals surface area contributed by atoms with Gasteiger partial charge in [-0.2, -0.15) is 0 Å². The third-order valence-corrected chi connectivity index (χ3v) is 4.84. The maximum atomic E-state index is 14.2. The Bertz CT molecular complexity index is 836. The number of carboxylic acid groups (broad SMARTS) is 1. The molecule has 0 aliphatic carbocycles. The van der Waals surface area contributed by atoms with E-state index in [0.29, 0.717) is 25.2 Å². The lowest BCUT2D eigenvalue weighted by atomic mass is 9.98. The SMILES string of the molecule is CCc1nc(C(=O)N2CCCCC2CCC(=O)O)nn1-c1ccccc1F. The lowest BCUT2D eigenvalue weighted by molar-refractivity contribution is -0.137. The molecule has 1 saturated heterocycles. The lowest BCUT2D eigenvalue weighted by Crippen LogP contribution is -2.44. The molecule has 0 radical (unpaired) electrons. The van der Waals surface area contributed by atoms with Crippen LogP contribution in [0.1, 0.15) is 55.5 Å². The summed E-state index contributed by atoms with van der Waals surface area (Å²) in [4.78, 5) is 29.9. The number of aliphatic carboxylic acids is 1. The predicted molar refractivity (Wildman–Crippen MR) is 96.2 cm³/mol. The first kappa shape index (κ1) is 19.0. The second-order valence-electron chi connectivity index (χ2n) is 6.65. The number of likely N-dealkylation sites (tertiary alicyclic amines) is 1. The molecule has 3 rings (SSSR count). The highest BCUT2D eigenvalue weighted by molar-refractivity contribution is 5.90. The summed E-state index contributed by atoms with van der Waals surface area (Å²) < 4.78 is 15.5. The molecular weight excluding hydrogens is 351 g/mol. The zero-order valence-corrected chi connectivity index (χ0v) is 15.3. The summed E-state index contributed by atoms with van der Waals surface area (Å²) in [5.74, 6) is -1.11. The Kier molecular flexibility index (Phi) is 5.83. The fraction of sp³-hybridized carbons (Fsp3) is 0.474. The number of aromatic nitrogens is 3. The first-order valence-corrected chi connectivity index (χ1v) is 9.24. The van der Waals surface area contributed by atoms with Gasteiger partial charge in [-0.15, -0.1) is 5.10 Å². The molecule has 8 heteroatoms. The summed E-state index contributed by atoms with van der Waals surface area (Å²) in [6, 6.07) is 6.09. The van der Waals surface area contributed by atoms with Gasteiger partial charge in [0.25, 0.3) is 5.91 Å². The number of amides is 1. The number of para-hydroxylation sites is 1. The zero-order chi connectivity index (χ0) is 19.4. The minimum atomic E-state index is -0.872. The van der Waals surface area contributed by atoms with Crippen LogP contribution in [-0.4, -0.2) is 49.2 Å². The minimum absolute atomic E-state index is 0.0196. The van der Waals surface area contributed by atoms with E-state index in [1.54, 1.807) is 23.1 Å². The second kappa shape index (κ2) is 8.28. The molecule has 1 aliphatic rings. The van der Waals surface area contributed by atoms with Crippen LogP contribution in [0.5, 0.6) is 0 Å². The predicted octanol–water partition coefficient (Wildman–Crippen LogP) is 2.83. The molecule has 1 unspecified atom stereocenters. The van der Waals surface area contributed by atoms with E-state index < -0.39 is 11.8 Å². The molecule has 144 valence electrons. The molecule has 1 N–H and O–H groups in total. The fourth-order valence-electron chi connectivity index (χ4n) is 3.47. The number of hydrogen-bond acceptors (Lipinski definition) is 4. The number of carbonyl (C=O) groups is 2. The number of hydrogen-bond donors (Lipinski definition) is 1. The summed E-state index contributed by atoms with van der Waals surface area (Å²) in [6.07, 6.45) is 3.53. The van der Waals surface area contributed by atoms with Crippen molar-refractivity contribution in [3.63, 3.8) is 0 Å². The van der Waals surface area contributed by atoms with Gasteiger partial charge in [0.2, 0.25) is 5.82 Å². The van der Waals surface area contributed by atoms with Crippen LogP contribution in [-0.2, 0) is 11.2 Å². The molecule has 27 heavy (non-hydrogen) atoms. The van der Waals surface area contributed by atoms with E-state index in [2.05, 4.69) is 10.1 Å². The summed E-state index contributed by atoms with van der Waals surface area (Å²) >= 11 is 0. The monoisotopic (exact) mass is 374 g/mol. The maximum absolute atomic E-state index is 14.2. The number of benzene rings is 1. The molecule has 1 atom stereocenters. The van der Waals surface area contributed by atoms with Crippen LogP contribution in [0.4, 0.5) is 4.39 Å². The van der Waals surface area contributed by atoms with Crippen LogP contribution in [0.25, 0.3) is 5.69 Å². The molecule has 0 bridgehead atoms. The van der Waals surface area contributed by atoms with Gasteiger partial charge >= 0.3 is 5.97 Å². The first-order valence-electron chi connectivity index (χ1n) is 9.24. The highest BCUT2D eigenvalue weighted by atomic mass is 19.1. The first-order chi connectivity index (χ1) is 13.0. The van der Waals surface area contributed by atoms with Crippen molar-refractivity contribution >= 4 is 11.9 Å². The normalized spacial score (nSPS) is 17.1. The number of halogens is 1. The van der Waals surface area contributed by atoms with Gasteiger partial charge in [0.05, 0.1) is 0 Å². The van der Waals surface area contributed by atoms with Gasteiger partial charge in [-0.3, -0.25) is 9.59 Å². The number of piperidine rings is 1. The number of aryl methyl sites for hydroxylation is 1. The van der Waals surface area contributed by atoms with Crippen LogP contribution < -0.4 is 0 Å². The molecule has 0 saturated carbocycles. The highest BCUT2D eigenvalue weighted by Crippen LogP contribution is 2.23. The van der Waals surface area contributed by atoms with Gasteiger partial charge in [0.15, 0.2) is 0 Å². The van der Waals surface area contributed by atoms with Crippen LogP contribution in [0.2, 0.25) is 0 Å². The van der Waals surface area contributed by atoms with E-state index in [4.69, 9.17) is 5.11 Å². The van der Waals surface area contributed by atoms with E-state index in [1.165, 1.54) is 10.7 Å². The number of carbonyl (C=O) groups excluding carboxylic acids is 1. The van der Waals surface area contributed by atoms with Crippen LogP contribution in [0.3, 0.4) is 0 Å². The van der Waals surface area contributed by atoms with Crippen LogP contribution in [0, 0.1) is 5.82 Å². The number of rotatable bonds is 6. The van der Waals surface area contributed by atoms with E-state index in [0.717, 1.165) is 19.3 Å². The molecule has 1 aliphatic heterocycles. The molecule has 1 amide bonds. The topological polar surface area (TPSA) is 88.3 Å². The Hall–Kier alpha value is -2.77. The van der Waals surface area contributed by atoms with Crippen molar-refractivity contribution in [2.45, 2.75) is 51.5 Å². The van der Waals surface area contributed by atoms with Crippen molar-refractivity contribution < 1.29 is 19.1 Å². The largest absolute Gasteiger partial charge is 0.481 e. The molecule has 1 aromatic carbocycles. The average molecular weight is 374 g/mol. The molecule has 1 fully saturated rings. The Morgan fingerprint density at radius 1 is 1.30 bits per heavy atom. The molecule has 0 spiro atoms. The van der Waals surface area contributed by atoms with E-state index in [9.17, 15) is 14.0 Å². The van der Waals surface area contributed by atoms with Gasteiger partial charge < -0.3 is 10.0 Å². The van der Waals surface area contributed by atoms with Crippen molar-refractivity contribution in [2.75, 3.05) is 6.54 Å².